The molecule has 0 unspecified atom stereocenters. The Morgan fingerprint density at radius 3 is 2.41 bits per heavy atom. The topological polar surface area (TPSA) is 78.9 Å². The van der Waals surface area contributed by atoms with Gasteiger partial charge in [-0.1, -0.05) is 12.1 Å². The van der Waals surface area contributed by atoms with Crippen molar-refractivity contribution in [3.05, 3.63) is 65.5 Å². The van der Waals surface area contributed by atoms with E-state index in [1.54, 1.807) is 55.3 Å². The van der Waals surface area contributed by atoms with E-state index in [0.717, 1.165) is 5.56 Å². The van der Waals surface area contributed by atoms with Gasteiger partial charge in [0.1, 0.15) is 11.9 Å². The molecular weight excluding hydrogens is 433 g/mol. The molecule has 1 fully saturated rings. The summed E-state index contributed by atoms with van der Waals surface area (Å²) in [4.78, 5) is 40.1. The maximum absolute atomic E-state index is 13.1. The monoisotopic (exact) mass is 457 g/mol. The van der Waals surface area contributed by atoms with Crippen molar-refractivity contribution >= 4 is 40.8 Å². The van der Waals surface area contributed by atoms with Crippen LogP contribution in [0.2, 0.25) is 0 Å². The molecule has 2 aromatic rings. The number of hydrogen-bond donors (Lipinski definition) is 1. The Balaban J connectivity index is 1.63. The Morgan fingerprint density at radius 2 is 1.78 bits per heavy atom. The molecule has 0 saturated carbocycles. The fourth-order valence-corrected chi connectivity index (χ4v) is 3.73. The summed E-state index contributed by atoms with van der Waals surface area (Å²) in [5.74, 6) is -1.35. The van der Waals surface area contributed by atoms with E-state index in [9.17, 15) is 18.8 Å². The number of anilines is 1. The molecule has 1 aliphatic rings. The summed E-state index contributed by atoms with van der Waals surface area (Å²) in [5.41, 5.74) is 1.79. The van der Waals surface area contributed by atoms with Gasteiger partial charge in [-0.05, 0) is 67.5 Å². The first-order chi connectivity index (χ1) is 15.3. The number of benzene rings is 2. The third kappa shape index (κ3) is 5.47. The zero-order chi connectivity index (χ0) is 23.3. The molecule has 3 rings (SSSR count). The molecule has 32 heavy (non-hydrogen) atoms. The number of rotatable bonds is 8. The first-order valence-corrected chi connectivity index (χ1v) is 10.6. The highest BCUT2D eigenvalue weighted by molar-refractivity contribution is 7.80. The van der Waals surface area contributed by atoms with E-state index in [0.29, 0.717) is 29.3 Å². The van der Waals surface area contributed by atoms with E-state index in [4.69, 9.17) is 17.0 Å². The molecule has 0 spiro atoms. The van der Waals surface area contributed by atoms with Crippen LogP contribution in [0.15, 0.2) is 48.5 Å². The number of likely N-dealkylation sites (N-methyl/N-ethyl adjacent to an activating group) is 1. The quantitative estimate of drug-likeness (QED) is 0.485. The van der Waals surface area contributed by atoms with Gasteiger partial charge in [-0.3, -0.25) is 14.5 Å². The van der Waals surface area contributed by atoms with Crippen molar-refractivity contribution in [2.24, 2.45) is 0 Å². The van der Waals surface area contributed by atoms with Gasteiger partial charge in [-0.2, -0.15) is 0 Å². The van der Waals surface area contributed by atoms with Gasteiger partial charge in [0.2, 0.25) is 5.91 Å². The SMILES string of the molecule is CCOC(=O)c1ccc(NC(=O)C[C@H]2C(=O)N(C)C(=S)N2CCc2ccc(F)cc2)cc1. The lowest BCUT2D eigenvalue weighted by molar-refractivity contribution is -0.130. The van der Waals surface area contributed by atoms with Crippen LogP contribution in [0.4, 0.5) is 10.1 Å². The third-order valence-electron chi connectivity index (χ3n) is 5.14. The summed E-state index contributed by atoms with van der Waals surface area (Å²) in [6.45, 7) is 2.43. The molecule has 1 heterocycles. The maximum atomic E-state index is 13.1. The van der Waals surface area contributed by atoms with Gasteiger partial charge < -0.3 is 15.0 Å². The molecule has 2 aromatic carbocycles. The van der Waals surface area contributed by atoms with Crippen molar-refractivity contribution < 1.29 is 23.5 Å². The van der Waals surface area contributed by atoms with Crippen LogP contribution in [0.25, 0.3) is 0 Å². The van der Waals surface area contributed by atoms with Crippen LogP contribution in [-0.2, 0) is 20.7 Å². The molecule has 1 aliphatic heterocycles. The average molecular weight is 458 g/mol. The Labute approximate surface area is 191 Å². The second kappa shape index (κ2) is 10.3. The second-order valence-electron chi connectivity index (χ2n) is 7.32. The largest absolute Gasteiger partial charge is 0.462 e. The van der Waals surface area contributed by atoms with Gasteiger partial charge in [0, 0.05) is 19.3 Å². The summed E-state index contributed by atoms with van der Waals surface area (Å²) < 4.78 is 18.1. The van der Waals surface area contributed by atoms with Gasteiger partial charge in [0.15, 0.2) is 5.11 Å². The smallest absolute Gasteiger partial charge is 0.338 e. The Kier molecular flexibility index (Phi) is 7.53. The highest BCUT2D eigenvalue weighted by Gasteiger charge is 2.41. The molecular formula is C23H24FN3O4S. The second-order valence-corrected chi connectivity index (χ2v) is 7.68. The number of nitrogens with zero attached hydrogens (tertiary/aromatic N) is 2. The van der Waals surface area contributed by atoms with Crippen molar-refractivity contribution in [3.8, 4) is 0 Å². The van der Waals surface area contributed by atoms with E-state index in [1.807, 2.05) is 0 Å². The Morgan fingerprint density at radius 1 is 1.12 bits per heavy atom. The number of amides is 2. The van der Waals surface area contributed by atoms with E-state index in [-0.39, 0.29) is 30.7 Å². The standard InChI is InChI=1S/C23H24FN3O4S/c1-3-31-22(30)16-6-10-18(11-7-16)25-20(28)14-19-21(29)26(2)23(32)27(19)13-12-15-4-8-17(24)9-5-15/h4-11,19H,3,12-14H2,1-2H3,(H,25,28)/t19-/m0/s1. The van der Waals surface area contributed by atoms with Crippen molar-refractivity contribution in [2.75, 3.05) is 25.5 Å². The zero-order valence-corrected chi connectivity index (χ0v) is 18.7. The number of carbonyl (C=O) groups is 3. The van der Waals surface area contributed by atoms with Crippen molar-refractivity contribution in [1.29, 1.82) is 0 Å². The average Bonchev–Trinajstić information content (AvgIpc) is 2.97. The van der Waals surface area contributed by atoms with Crippen molar-refractivity contribution in [2.45, 2.75) is 25.8 Å². The lowest BCUT2D eigenvalue weighted by atomic mass is 10.1. The predicted octanol–water partition coefficient (Wildman–Crippen LogP) is 3.00. The number of halogens is 1. The van der Waals surface area contributed by atoms with E-state index in [2.05, 4.69) is 5.32 Å². The molecule has 2 amide bonds. The molecule has 0 bridgehead atoms. The number of hydrogen-bond acceptors (Lipinski definition) is 5. The van der Waals surface area contributed by atoms with Crippen LogP contribution in [0.5, 0.6) is 0 Å². The molecule has 1 atom stereocenters. The van der Waals surface area contributed by atoms with Gasteiger partial charge in [0.25, 0.3) is 5.91 Å². The zero-order valence-electron chi connectivity index (χ0n) is 17.8. The number of nitrogens with one attached hydrogen (secondary N) is 1. The molecule has 0 aliphatic carbocycles. The van der Waals surface area contributed by atoms with Gasteiger partial charge in [-0.15, -0.1) is 0 Å². The lowest BCUT2D eigenvalue weighted by Crippen LogP contribution is -2.39. The fourth-order valence-electron chi connectivity index (χ4n) is 3.42. The molecule has 168 valence electrons. The summed E-state index contributed by atoms with van der Waals surface area (Å²) in [7, 11) is 1.58. The maximum Gasteiger partial charge on any atom is 0.338 e. The molecule has 9 heteroatoms. The molecule has 0 radical (unpaired) electrons. The van der Waals surface area contributed by atoms with Crippen LogP contribution >= 0.6 is 12.2 Å². The third-order valence-corrected chi connectivity index (χ3v) is 5.65. The van der Waals surface area contributed by atoms with Crippen LogP contribution in [0, 0.1) is 5.82 Å². The number of ether oxygens (including phenoxy) is 1. The van der Waals surface area contributed by atoms with Crippen LogP contribution in [0.3, 0.4) is 0 Å². The van der Waals surface area contributed by atoms with Gasteiger partial charge >= 0.3 is 5.97 Å². The minimum Gasteiger partial charge on any atom is -0.462 e. The van der Waals surface area contributed by atoms with E-state index < -0.39 is 12.0 Å². The molecule has 1 N–H and O–H groups in total. The predicted molar refractivity (Wildman–Crippen MR) is 122 cm³/mol. The number of carbonyl (C=O) groups excluding carboxylic acids is 3. The summed E-state index contributed by atoms with van der Waals surface area (Å²) >= 11 is 5.39. The normalized spacial score (nSPS) is 15.8. The van der Waals surface area contributed by atoms with E-state index in [1.165, 1.54) is 17.0 Å². The minimum atomic E-state index is -0.716. The molecule has 0 aromatic heterocycles. The summed E-state index contributed by atoms with van der Waals surface area (Å²) in [6.07, 6.45) is 0.474. The van der Waals surface area contributed by atoms with Gasteiger partial charge in [-0.25, -0.2) is 9.18 Å². The van der Waals surface area contributed by atoms with Crippen LogP contribution < -0.4 is 5.32 Å². The van der Waals surface area contributed by atoms with Crippen molar-refractivity contribution in [3.63, 3.8) is 0 Å². The summed E-state index contributed by atoms with van der Waals surface area (Å²) in [6, 6.07) is 11.7. The van der Waals surface area contributed by atoms with E-state index >= 15 is 0 Å². The lowest BCUT2D eigenvalue weighted by Gasteiger charge is -2.23. The Hall–Kier alpha value is -3.33. The summed E-state index contributed by atoms with van der Waals surface area (Å²) in [5, 5.41) is 3.10. The number of esters is 1. The molecule has 1 saturated heterocycles. The minimum absolute atomic E-state index is 0.0770. The van der Waals surface area contributed by atoms with Crippen LogP contribution in [-0.4, -0.2) is 58.9 Å². The highest BCUT2D eigenvalue weighted by Crippen LogP contribution is 2.21. The first kappa shape index (κ1) is 23.3. The van der Waals surface area contributed by atoms with Gasteiger partial charge in [0.05, 0.1) is 18.6 Å². The highest BCUT2D eigenvalue weighted by atomic mass is 32.1. The van der Waals surface area contributed by atoms with Crippen molar-refractivity contribution in [1.82, 2.24) is 9.80 Å². The number of thiocarbonyl (C=S) groups is 1. The van der Waals surface area contributed by atoms with Crippen LogP contribution in [0.1, 0.15) is 29.3 Å². The molecule has 7 nitrogen and oxygen atoms in total. The first-order valence-electron chi connectivity index (χ1n) is 10.2. The fraction of sp³-hybridized carbons (Fsp3) is 0.304. The Bertz CT molecular complexity index is 1010.